The molecule has 18 heavy (non-hydrogen) atoms. The highest BCUT2D eigenvalue weighted by Crippen LogP contribution is 2.16. The Labute approximate surface area is 112 Å². The molecule has 2 rings (SSSR count). The Morgan fingerprint density at radius 1 is 1.17 bits per heavy atom. The Balaban J connectivity index is 1.66. The highest BCUT2D eigenvalue weighted by atomic mass is 16.5. The van der Waals surface area contributed by atoms with Gasteiger partial charge in [-0.1, -0.05) is 6.92 Å². The van der Waals surface area contributed by atoms with Crippen molar-refractivity contribution in [3.63, 3.8) is 0 Å². The van der Waals surface area contributed by atoms with Gasteiger partial charge in [0.1, 0.15) is 0 Å². The number of ether oxygens (including phenoxy) is 1. The molecule has 106 valence electrons. The van der Waals surface area contributed by atoms with E-state index in [1.165, 1.54) is 71.1 Å². The molecule has 2 atom stereocenters. The predicted octanol–water partition coefficient (Wildman–Crippen LogP) is 2.41. The molecule has 0 aliphatic carbocycles. The standard InChI is InChI=1S/C15H30N2O/c1-2-14-7-11-17(10-5-9-16-14)12-8-15-6-3-4-13-18-15/h14-16H,2-13H2,1H3. The second-order valence-electron chi connectivity index (χ2n) is 5.82. The maximum absolute atomic E-state index is 5.83. The van der Waals surface area contributed by atoms with Crippen LogP contribution in [-0.4, -0.2) is 49.8 Å². The summed E-state index contributed by atoms with van der Waals surface area (Å²) in [6.07, 6.45) is 9.57. The van der Waals surface area contributed by atoms with Crippen LogP contribution in [-0.2, 0) is 4.74 Å². The van der Waals surface area contributed by atoms with E-state index >= 15 is 0 Å². The molecule has 0 saturated carbocycles. The summed E-state index contributed by atoms with van der Waals surface area (Å²) in [5, 5.41) is 3.65. The number of rotatable bonds is 4. The molecule has 1 N–H and O–H groups in total. The van der Waals surface area contributed by atoms with E-state index in [1.807, 2.05) is 0 Å². The van der Waals surface area contributed by atoms with Crippen molar-refractivity contribution in [1.82, 2.24) is 10.2 Å². The zero-order valence-electron chi connectivity index (χ0n) is 12.0. The fourth-order valence-corrected chi connectivity index (χ4v) is 3.09. The zero-order valence-corrected chi connectivity index (χ0v) is 12.0. The van der Waals surface area contributed by atoms with Crippen molar-refractivity contribution in [3.8, 4) is 0 Å². The molecule has 2 saturated heterocycles. The van der Waals surface area contributed by atoms with Crippen LogP contribution in [0.1, 0.15) is 51.9 Å². The third kappa shape index (κ3) is 4.87. The minimum absolute atomic E-state index is 0.546. The second-order valence-corrected chi connectivity index (χ2v) is 5.82. The minimum Gasteiger partial charge on any atom is -0.378 e. The van der Waals surface area contributed by atoms with Crippen molar-refractivity contribution >= 4 is 0 Å². The van der Waals surface area contributed by atoms with Crippen LogP contribution in [0, 0.1) is 0 Å². The molecule has 3 heteroatoms. The molecule has 0 aromatic heterocycles. The summed E-state index contributed by atoms with van der Waals surface area (Å²) in [7, 11) is 0. The van der Waals surface area contributed by atoms with Crippen LogP contribution in [0.5, 0.6) is 0 Å². The van der Waals surface area contributed by atoms with Gasteiger partial charge in [0.15, 0.2) is 0 Å². The molecule has 0 aromatic rings. The first-order chi connectivity index (χ1) is 8.88. The van der Waals surface area contributed by atoms with Gasteiger partial charge in [-0.2, -0.15) is 0 Å². The van der Waals surface area contributed by atoms with Crippen molar-refractivity contribution < 1.29 is 4.74 Å². The monoisotopic (exact) mass is 254 g/mol. The van der Waals surface area contributed by atoms with E-state index in [1.54, 1.807) is 0 Å². The van der Waals surface area contributed by atoms with Gasteiger partial charge in [0.25, 0.3) is 0 Å². The first kappa shape index (κ1) is 14.3. The molecule has 0 bridgehead atoms. The van der Waals surface area contributed by atoms with E-state index in [9.17, 15) is 0 Å². The summed E-state index contributed by atoms with van der Waals surface area (Å²) in [6, 6.07) is 0.735. The molecule has 2 aliphatic heterocycles. The topological polar surface area (TPSA) is 24.5 Å². The quantitative estimate of drug-likeness (QED) is 0.834. The van der Waals surface area contributed by atoms with Crippen molar-refractivity contribution in [3.05, 3.63) is 0 Å². The average Bonchev–Trinajstić information content (AvgIpc) is 2.39. The number of hydrogen-bond donors (Lipinski definition) is 1. The third-order valence-corrected chi connectivity index (χ3v) is 4.41. The van der Waals surface area contributed by atoms with E-state index in [4.69, 9.17) is 4.74 Å². The smallest absolute Gasteiger partial charge is 0.0587 e. The van der Waals surface area contributed by atoms with Crippen molar-refractivity contribution in [2.45, 2.75) is 64.0 Å². The van der Waals surface area contributed by atoms with Crippen LogP contribution in [0.4, 0.5) is 0 Å². The van der Waals surface area contributed by atoms with Crippen LogP contribution in [0.2, 0.25) is 0 Å². The molecule has 2 aliphatic rings. The molecule has 2 unspecified atom stereocenters. The first-order valence-electron chi connectivity index (χ1n) is 7.96. The van der Waals surface area contributed by atoms with Crippen LogP contribution in [0.3, 0.4) is 0 Å². The van der Waals surface area contributed by atoms with E-state index in [2.05, 4.69) is 17.1 Å². The molecule has 0 spiro atoms. The Morgan fingerprint density at radius 2 is 2.11 bits per heavy atom. The zero-order chi connectivity index (χ0) is 12.6. The molecule has 2 heterocycles. The van der Waals surface area contributed by atoms with Gasteiger partial charge in [-0.15, -0.1) is 0 Å². The normalized spacial score (nSPS) is 31.8. The van der Waals surface area contributed by atoms with Crippen LogP contribution in [0.15, 0.2) is 0 Å². The molecular formula is C15H30N2O. The van der Waals surface area contributed by atoms with Gasteiger partial charge in [-0.05, 0) is 64.6 Å². The summed E-state index contributed by atoms with van der Waals surface area (Å²) >= 11 is 0. The van der Waals surface area contributed by atoms with E-state index in [0.29, 0.717) is 6.10 Å². The van der Waals surface area contributed by atoms with Gasteiger partial charge < -0.3 is 15.0 Å². The maximum Gasteiger partial charge on any atom is 0.0587 e. The molecule has 0 radical (unpaired) electrons. The van der Waals surface area contributed by atoms with Gasteiger partial charge in [0.2, 0.25) is 0 Å². The van der Waals surface area contributed by atoms with E-state index < -0.39 is 0 Å². The lowest BCUT2D eigenvalue weighted by Crippen LogP contribution is -2.40. The lowest BCUT2D eigenvalue weighted by atomic mass is 10.1. The van der Waals surface area contributed by atoms with Crippen molar-refractivity contribution in [2.75, 3.05) is 32.8 Å². The van der Waals surface area contributed by atoms with Crippen LogP contribution < -0.4 is 5.32 Å². The molecule has 0 aromatic carbocycles. The van der Waals surface area contributed by atoms with Gasteiger partial charge in [0, 0.05) is 19.2 Å². The molecule has 2 fully saturated rings. The number of nitrogens with one attached hydrogen (secondary N) is 1. The van der Waals surface area contributed by atoms with E-state index in [0.717, 1.165) is 12.6 Å². The first-order valence-corrected chi connectivity index (χ1v) is 7.96. The molecule has 0 amide bonds. The highest BCUT2D eigenvalue weighted by molar-refractivity contribution is 4.74. The lowest BCUT2D eigenvalue weighted by Gasteiger charge is -2.30. The van der Waals surface area contributed by atoms with Gasteiger partial charge in [-0.3, -0.25) is 0 Å². The van der Waals surface area contributed by atoms with E-state index in [-0.39, 0.29) is 0 Å². The van der Waals surface area contributed by atoms with Gasteiger partial charge in [0.05, 0.1) is 6.10 Å². The predicted molar refractivity (Wildman–Crippen MR) is 76.0 cm³/mol. The summed E-state index contributed by atoms with van der Waals surface area (Å²) in [5.41, 5.74) is 0. The molecule has 3 nitrogen and oxygen atoms in total. The second kappa shape index (κ2) is 8.13. The summed E-state index contributed by atoms with van der Waals surface area (Å²) in [5.74, 6) is 0. The minimum atomic E-state index is 0.546. The SMILES string of the molecule is CCC1CCN(CCC2CCCCO2)CCCN1. The Bertz CT molecular complexity index is 217. The molecular weight excluding hydrogens is 224 g/mol. The highest BCUT2D eigenvalue weighted by Gasteiger charge is 2.17. The van der Waals surface area contributed by atoms with Gasteiger partial charge in [-0.25, -0.2) is 0 Å². The van der Waals surface area contributed by atoms with Crippen LogP contribution >= 0.6 is 0 Å². The Hall–Kier alpha value is -0.120. The van der Waals surface area contributed by atoms with Crippen molar-refractivity contribution in [2.24, 2.45) is 0 Å². The average molecular weight is 254 g/mol. The third-order valence-electron chi connectivity index (χ3n) is 4.41. The fourth-order valence-electron chi connectivity index (χ4n) is 3.09. The number of hydrogen-bond acceptors (Lipinski definition) is 3. The maximum atomic E-state index is 5.83. The summed E-state index contributed by atoms with van der Waals surface area (Å²) in [4.78, 5) is 2.65. The Morgan fingerprint density at radius 3 is 2.89 bits per heavy atom. The lowest BCUT2D eigenvalue weighted by molar-refractivity contribution is 0.00502. The summed E-state index contributed by atoms with van der Waals surface area (Å²) in [6.45, 7) is 8.23. The van der Waals surface area contributed by atoms with Crippen molar-refractivity contribution in [1.29, 1.82) is 0 Å². The largest absolute Gasteiger partial charge is 0.378 e. The summed E-state index contributed by atoms with van der Waals surface area (Å²) < 4.78 is 5.83. The fraction of sp³-hybridized carbons (Fsp3) is 1.00. The Kier molecular flexibility index (Phi) is 6.46. The van der Waals surface area contributed by atoms with Gasteiger partial charge >= 0.3 is 0 Å². The van der Waals surface area contributed by atoms with Crippen LogP contribution in [0.25, 0.3) is 0 Å². The number of nitrogens with zero attached hydrogens (tertiary/aromatic N) is 1.